The molecule has 0 bridgehead atoms. The van der Waals surface area contributed by atoms with Crippen LogP contribution < -0.4 is 5.73 Å². The summed E-state index contributed by atoms with van der Waals surface area (Å²) in [6, 6.07) is 7.47. The Balaban J connectivity index is 0.00000176. The highest BCUT2D eigenvalue weighted by atomic mass is 35.5. The Hall–Kier alpha value is -1.14. The van der Waals surface area contributed by atoms with Crippen LogP contribution in [0.5, 0.6) is 0 Å². The summed E-state index contributed by atoms with van der Waals surface area (Å²) in [6.07, 6.45) is 2.29. The standard InChI is InChI=1S/C15H19ClN4O.ClH/c16-13-3-1-2-12(8-13)15-18-14(21-19-15)10-20-6-4-11(9-17)5-7-20;/h1-3,8,11H,4-7,9-10,17H2;1H. The number of nitrogens with two attached hydrogens (primary N) is 1. The summed E-state index contributed by atoms with van der Waals surface area (Å²) in [6.45, 7) is 3.56. The van der Waals surface area contributed by atoms with Crippen molar-refractivity contribution < 1.29 is 4.52 Å². The van der Waals surface area contributed by atoms with Crippen molar-refractivity contribution >= 4 is 24.0 Å². The maximum atomic E-state index is 5.98. The van der Waals surface area contributed by atoms with Crippen molar-refractivity contribution in [2.75, 3.05) is 19.6 Å². The highest BCUT2D eigenvalue weighted by molar-refractivity contribution is 6.30. The van der Waals surface area contributed by atoms with Crippen LogP contribution in [0.2, 0.25) is 5.02 Å². The van der Waals surface area contributed by atoms with Gasteiger partial charge in [0.1, 0.15) is 0 Å². The van der Waals surface area contributed by atoms with Crippen molar-refractivity contribution in [3.05, 3.63) is 35.2 Å². The van der Waals surface area contributed by atoms with Crippen molar-refractivity contribution in [3.8, 4) is 11.4 Å². The lowest BCUT2D eigenvalue weighted by molar-refractivity contribution is 0.161. The monoisotopic (exact) mass is 342 g/mol. The summed E-state index contributed by atoms with van der Waals surface area (Å²) in [7, 11) is 0. The zero-order valence-electron chi connectivity index (χ0n) is 12.2. The highest BCUT2D eigenvalue weighted by Gasteiger charge is 2.20. The zero-order chi connectivity index (χ0) is 14.7. The van der Waals surface area contributed by atoms with Crippen LogP contribution in [0.1, 0.15) is 18.7 Å². The second-order valence-electron chi connectivity index (χ2n) is 5.48. The Bertz CT molecular complexity index is 597. The van der Waals surface area contributed by atoms with Gasteiger partial charge in [-0.05, 0) is 50.5 Å². The van der Waals surface area contributed by atoms with Gasteiger partial charge in [-0.3, -0.25) is 4.90 Å². The predicted molar refractivity (Wildman–Crippen MR) is 89.0 cm³/mol. The molecule has 22 heavy (non-hydrogen) atoms. The third-order valence-corrected chi connectivity index (χ3v) is 4.19. The van der Waals surface area contributed by atoms with Crippen molar-refractivity contribution in [3.63, 3.8) is 0 Å². The minimum Gasteiger partial charge on any atom is -0.338 e. The van der Waals surface area contributed by atoms with Crippen LogP contribution in [0.15, 0.2) is 28.8 Å². The molecule has 1 aromatic carbocycles. The molecule has 0 radical (unpaired) electrons. The number of hydrogen-bond donors (Lipinski definition) is 1. The number of benzene rings is 1. The molecule has 0 aliphatic carbocycles. The fourth-order valence-electron chi connectivity index (χ4n) is 2.64. The summed E-state index contributed by atoms with van der Waals surface area (Å²) in [4.78, 5) is 6.79. The van der Waals surface area contributed by atoms with Gasteiger partial charge in [-0.25, -0.2) is 0 Å². The van der Waals surface area contributed by atoms with E-state index in [-0.39, 0.29) is 12.4 Å². The van der Waals surface area contributed by atoms with Crippen LogP contribution in [0.25, 0.3) is 11.4 Å². The van der Waals surface area contributed by atoms with Gasteiger partial charge in [-0.1, -0.05) is 28.9 Å². The molecular weight excluding hydrogens is 323 g/mol. The number of aromatic nitrogens is 2. The first-order chi connectivity index (χ1) is 10.2. The molecule has 0 saturated carbocycles. The SMILES string of the molecule is Cl.NCC1CCN(Cc2nc(-c3cccc(Cl)c3)no2)CC1. The van der Waals surface area contributed by atoms with E-state index in [0.29, 0.717) is 29.2 Å². The molecule has 0 unspecified atom stereocenters. The lowest BCUT2D eigenvalue weighted by Crippen LogP contribution is -2.35. The van der Waals surface area contributed by atoms with Crippen LogP contribution in [-0.4, -0.2) is 34.7 Å². The van der Waals surface area contributed by atoms with E-state index in [0.717, 1.165) is 38.0 Å². The molecule has 2 aromatic rings. The van der Waals surface area contributed by atoms with Crippen molar-refractivity contribution in [2.24, 2.45) is 11.7 Å². The van der Waals surface area contributed by atoms with E-state index < -0.39 is 0 Å². The zero-order valence-corrected chi connectivity index (χ0v) is 13.8. The first-order valence-electron chi connectivity index (χ1n) is 7.25. The molecule has 7 heteroatoms. The summed E-state index contributed by atoms with van der Waals surface area (Å²) < 4.78 is 5.34. The molecule has 3 rings (SSSR count). The third kappa shape index (κ3) is 4.20. The van der Waals surface area contributed by atoms with Gasteiger partial charge >= 0.3 is 0 Å². The molecule has 1 aromatic heterocycles. The van der Waals surface area contributed by atoms with Crippen LogP contribution in [0.3, 0.4) is 0 Å². The molecule has 2 heterocycles. The molecule has 120 valence electrons. The first-order valence-corrected chi connectivity index (χ1v) is 7.63. The summed E-state index contributed by atoms with van der Waals surface area (Å²) in [5, 5.41) is 4.70. The summed E-state index contributed by atoms with van der Waals surface area (Å²) in [5.41, 5.74) is 6.59. The average Bonchev–Trinajstić information content (AvgIpc) is 2.97. The smallest absolute Gasteiger partial charge is 0.241 e. The molecule has 1 aliphatic rings. The molecular formula is C15H20Cl2N4O. The van der Waals surface area contributed by atoms with Gasteiger partial charge in [0, 0.05) is 10.6 Å². The number of likely N-dealkylation sites (tertiary alicyclic amines) is 1. The third-order valence-electron chi connectivity index (χ3n) is 3.95. The Labute approximate surface area is 141 Å². The van der Waals surface area contributed by atoms with Gasteiger partial charge < -0.3 is 10.3 Å². The second kappa shape index (κ2) is 7.92. The Morgan fingerprint density at radius 2 is 2.09 bits per heavy atom. The molecule has 0 amide bonds. The topological polar surface area (TPSA) is 68.2 Å². The molecule has 1 aliphatic heterocycles. The van der Waals surface area contributed by atoms with Crippen LogP contribution in [-0.2, 0) is 6.54 Å². The van der Waals surface area contributed by atoms with E-state index in [2.05, 4.69) is 15.0 Å². The van der Waals surface area contributed by atoms with Crippen LogP contribution in [0, 0.1) is 5.92 Å². The van der Waals surface area contributed by atoms with E-state index in [1.807, 2.05) is 24.3 Å². The Morgan fingerprint density at radius 3 is 2.77 bits per heavy atom. The molecule has 5 nitrogen and oxygen atoms in total. The maximum Gasteiger partial charge on any atom is 0.241 e. The number of piperidine rings is 1. The summed E-state index contributed by atoms with van der Waals surface area (Å²) in [5.74, 6) is 1.89. The average molecular weight is 343 g/mol. The lowest BCUT2D eigenvalue weighted by atomic mass is 9.97. The van der Waals surface area contributed by atoms with Gasteiger partial charge in [0.25, 0.3) is 0 Å². The first kappa shape index (κ1) is 17.2. The van der Waals surface area contributed by atoms with Crippen LogP contribution in [0.4, 0.5) is 0 Å². The second-order valence-corrected chi connectivity index (χ2v) is 5.91. The molecule has 2 N–H and O–H groups in total. The minimum atomic E-state index is 0. The van der Waals surface area contributed by atoms with Crippen molar-refractivity contribution in [2.45, 2.75) is 19.4 Å². The van der Waals surface area contributed by atoms with E-state index in [4.69, 9.17) is 21.9 Å². The molecule has 1 saturated heterocycles. The van der Waals surface area contributed by atoms with E-state index in [1.165, 1.54) is 0 Å². The fraction of sp³-hybridized carbons (Fsp3) is 0.467. The number of hydrogen-bond acceptors (Lipinski definition) is 5. The Morgan fingerprint density at radius 1 is 1.32 bits per heavy atom. The molecule has 0 spiro atoms. The normalized spacial score (nSPS) is 16.5. The molecule has 0 atom stereocenters. The maximum absolute atomic E-state index is 5.98. The van der Waals surface area contributed by atoms with E-state index in [9.17, 15) is 0 Å². The van der Waals surface area contributed by atoms with Gasteiger partial charge in [0.2, 0.25) is 11.7 Å². The number of rotatable bonds is 4. The van der Waals surface area contributed by atoms with Crippen LogP contribution >= 0.6 is 24.0 Å². The lowest BCUT2D eigenvalue weighted by Gasteiger charge is -2.30. The van der Waals surface area contributed by atoms with E-state index in [1.54, 1.807) is 0 Å². The predicted octanol–water partition coefficient (Wildman–Crippen LogP) is 2.98. The van der Waals surface area contributed by atoms with Gasteiger partial charge in [-0.2, -0.15) is 4.98 Å². The highest BCUT2D eigenvalue weighted by Crippen LogP contribution is 2.21. The number of nitrogens with zero attached hydrogens (tertiary/aromatic N) is 3. The van der Waals surface area contributed by atoms with Gasteiger partial charge in [0.05, 0.1) is 6.54 Å². The molecule has 1 fully saturated rings. The van der Waals surface area contributed by atoms with Gasteiger partial charge in [-0.15, -0.1) is 12.4 Å². The largest absolute Gasteiger partial charge is 0.338 e. The Kier molecular flexibility index (Phi) is 6.20. The minimum absolute atomic E-state index is 0. The number of halogens is 2. The van der Waals surface area contributed by atoms with Crippen molar-refractivity contribution in [1.29, 1.82) is 0 Å². The fourth-order valence-corrected chi connectivity index (χ4v) is 2.83. The quantitative estimate of drug-likeness (QED) is 0.924. The summed E-state index contributed by atoms with van der Waals surface area (Å²) >= 11 is 5.98. The van der Waals surface area contributed by atoms with Crippen molar-refractivity contribution in [1.82, 2.24) is 15.0 Å². The van der Waals surface area contributed by atoms with Gasteiger partial charge in [0.15, 0.2) is 0 Å². The van der Waals surface area contributed by atoms with E-state index >= 15 is 0 Å².